The minimum Gasteiger partial charge on any atom is -0.493 e. The van der Waals surface area contributed by atoms with Gasteiger partial charge in [0.05, 0.1) is 19.6 Å². The molecule has 29 heavy (non-hydrogen) atoms. The first kappa shape index (κ1) is 19.4. The van der Waals surface area contributed by atoms with Crippen LogP contribution >= 0.6 is 11.3 Å². The van der Waals surface area contributed by atoms with Crippen LogP contribution in [-0.4, -0.2) is 34.8 Å². The average molecular weight is 414 g/mol. The molecule has 152 valence electrons. The molecule has 1 aromatic carbocycles. The van der Waals surface area contributed by atoms with E-state index in [0.29, 0.717) is 33.1 Å². The lowest BCUT2D eigenvalue weighted by Crippen LogP contribution is -2.44. The highest BCUT2D eigenvalue weighted by Gasteiger charge is 2.35. The summed E-state index contributed by atoms with van der Waals surface area (Å²) in [6.45, 7) is 3.03. The molecule has 0 saturated carbocycles. The Morgan fingerprint density at radius 3 is 2.59 bits per heavy atom. The van der Waals surface area contributed by atoms with Gasteiger partial charge in [0.2, 0.25) is 0 Å². The number of benzene rings is 1. The van der Waals surface area contributed by atoms with Crippen LogP contribution in [0.4, 0.5) is 0 Å². The van der Waals surface area contributed by atoms with Crippen molar-refractivity contribution < 1.29 is 19.4 Å². The second kappa shape index (κ2) is 6.88. The summed E-state index contributed by atoms with van der Waals surface area (Å²) in [4.78, 5) is 32.2. The van der Waals surface area contributed by atoms with Crippen LogP contribution in [0.2, 0.25) is 0 Å². The molecular formula is C21H22N2O5S. The number of fused-ring (bicyclic) bond motifs is 3. The van der Waals surface area contributed by atoms with Gasteiger partial charge in [0.1, 0.15) is 16.2 Å². The second-order valence-electron chi connectivity index (χ2n) is 7.55. The number of thiophene rings is 1. The standard InChI is InChI=1S/C21H22N2O5S/c1-21(2,20(25)26)23-17(11-8-9-13(27-3)14(10-11)28-4)22-18-16(19(23)24)12-6-5-7-15(12)29-18/h8-10H,5-7H2,1-4H3,(H,25,26). The number of carboxylic acid groups (broad SMARTS) is 1. The Kier molecular flexibility index (Phi) is 4.61. The van der Waals surface area contributed by atoms with Crippen LogP contribution in [0.3, 0.4) is 0 Å². The number of aliphatic carboxylic acids is 1. The van der Waals surface area contributed by atoms with Gasteiger partial charge in [0.25, 0.3) is 5.56 Å². The molecule has 1 aliphatic carbocycles. The average Bonchev–Trinajstić information content (AvgIpc) is 3.27. The number of rotatable bonds is 5. The van der Waals surface area contributed by atoms with E-state index in [1.54, 1.807) is 25.3 Å². The lowest BCUT2D eigenvalue weighted by atomic mass is 10.0. The minimum atomic E-state index is -1.48. The molecule has 3 aromatic rings. The van der Waals surface area contributed by atoms with Crippen molar-refractivity contribution in [3.63, 3.8) is 0 Å². The first-order valence-electron chi connectivity index (χ1n) is 9.33. The van der Waals surface area contributed by atoms with Gasteiger partial charge in [0, 0.05) is 10.4 Å². The number of carboxylic acids is 1. The third-order valence-electron chi connectivity index (χ3n) is 5.46. The summed E-state index contributed by atoms with van der Waals surface area (Å²) in [5.41, 5.74) is -0.179. The zero-order chi connectivity index (χ0) is 20.9. The SMILES string of the molecule is COc1ccc(-c2nc3sc4c(c3c(=O)n2C(C)(C)C(=O)O)CCC4)cc1OC. The highest BCUT2D eigenvalue weighted by molar-refractivity contribution is 7.18. The molecule has 0 spiro atoms. The molecule has 0 unspecified atom stereocenters. The number of nitrogens with zero attached hydrogens (tertiary/aromatic N) is 2. The Morgan fingerprint density at radius 1 is 1.21 bits per heavy atom. The maximum atomic E-state index is 13.6. The van der Waals surface area contributed by atoms with Crippen LogP contribution in [0.25, 0.3) is 21.6 Å². The van der Waals surface area contributed by atoms with E-state index in [1.807, 2.05) is 0 Å². The van der Waals surface area contributed by atoms with Gasteiger partial charge in [-0.1, -0.05) is 0 Å². The Bertz CT molecular complexity index is 1190. The molecule has 1 N–H and O–H groups in total. The predicted octanol–water partition coefficient (Wildman–Crippen LogP) is 3.45. The van der Waals surface area contributed by atoms with Crippen molar-refractivity contribution in [2.24, 2.45) is 0 Å². The van der Waals surface area contributed by atoms with E-state index in [2.05, 4.69) is 0 Å². The van der Waals surface area contributed by atoms with Crippen molar-refractivity contribution in [3.05, 3.63) is 39.0 Å². The van der Waals surface area contributed by atoms with Crippen molar-refractivity contribution in [1.82, 2.24) is 9.55 Å². The summed E-state index contributed by atoms with van der Waals surface area (Å²) in [6.07, 6.45) is 2.77. The summed E-state index contributed by atoms with van der Waals surface area (Å²) < 4.78 is 12.0. The molecule has 4 rings (SSSR count). The van der Waals surface area contributed by atoms with Gasteiger partial charge in [-0.2, -0.15) is 0 Å². The lowest BCUT2D eigenvalue weighted by Gasteiger charge is -2.26. The van der Waals surface area contributed by atoms with Crippen molar-refractivity contribution >= 4 is 27.5 Å². The summed E-state index contributed by atoms with van der Waals surface area (Å²) >= 11 is 1.53. The first-order valence-corrected chi connectivity index (χ1v) is 10.1. The Labute approximate surface area is 171 Å². The quantitative estimate of drug-likeness (QED) is 0.688. The van der Waals surface area contributed by atoms with Crippen LogP contribution in [0.5, 0.6) is 11.5 Å². The van der Waals surface area contributed by atoms with Crippen molar-refractivity contribution in [2.45, 2.75) is 38.6 Å². The molecule has 0 fully saturated rings. The smallest absolute Gasteiger partial charge is 0.329 e. The molecule has 8 heteroatoms. The molecular weight excluding hydrogens is 392 g/mol. The molecule has 0 aliphatic heterocycles. The van der Waals surface area contributed by atoms with Gasteiger partial charge in [0.15, 0.2) is 11.5 Å². The van der Waals surface area contributed by atoms with E-state index in [9.17, 15) is 14.7 Å². The van der Waals surface area contributed by atoms with E-state index >= 15 is 0 Å². The third kappa shape index (κ3) is 2.90. The van der Waals surface area contributed by atoms with Gasteiger partial charge < -0.3 is 14.6 Å². The fourth-order valence-corrected chi connectivity index (χ4v) is 5.08. The van der Waals surface area contributed by atoms with E-state index in [1.165, 1.54) is 41.7 Å². The number of hydrogen-bond acceptors (Lipinski definition) is 6. The molecule has 0 amide bonds. The summed E-state index contributed by atoms with van der Waals surface area (Å²) in [5.74, 6) is 0.219. The molecule has 0 saturated heterocycles. The van der Waals surface area contributed by atoms with Gasteiger partial charge in [-0.25, -0.2) is 9.78 Å². The van der Waals surface area contributed by atoms with Crippen LogP contribution in [0.1, 0.15) is 30.7 Å². The summed E-state index contributed by atoms with van der Waals surface area (Å²) in [6, 6.07) is 5.18. The molecule has 1 aliphatic rings. The highest BCUT2D eigenvalue weighted by Crippen LogP contribution is 2.38. The topological polar surface area (TPSA) is 90.7 Å². The Balaban J connectivity index is 2.08. The largest absolute Gasteiger partial charge is 0.493 e. The lowest BCUT2D eigenvalue weighted by molar-refractivity contribution is -0.145. The second-order valence-corrected chi connectivity index (χ2v) is 8.63. The number of aryl methyl sites for hydroxylation is 2. The minimum absolute atomic E-state index is 0.302. The van der Waals surface area contributed by atoms with E-state index in [4.69, 9.17) is 14.5 Å². The fraction of sp³-hybridized carbons (Fsp3) is 0.381. The zero-order valence-corrected chi connectivity index (χ0v) is 17.6. The Morgan fingerprint density at radius 2 is 1.93 bits per heavy atom. The van der Waals surface area contributed by atoms with Gasteiger partial charge in [-0.15, -0.1) is 11.3 Å². The molecule has 7 nitrogen and oxygen atoms in total. The van der Waals surface area contributed by atoms with Crippen molar-refractivity contribution in [1.29, 1.82) is 0 Å². The van der Waals surface area contributed by atoms with Gasteiger partial charge in [-0.3, -0.25) is 9.36 Å². The van der Waals surface area contributed by atoms with Crippen molar-refractivity contribution in [3.8, 4) is 22.9 Å². The van der Waals surface area contributed by atoms with Gasteiger partial charge >= 0.3 is 5.97 Å². The molecule has 0 radical (unpaired) electrons. The maximum Gasteiger partial charge on any atom is 0.329 e. The van der Waals surface area contributed by atoms with Gasteiger partial charge in [-0.05, 0) is 56.9 Å². The fourth-order valence-electron chi connectivity index (χ4n) is 3.83. The van der Waals surface area contributed by atoms with Crippen LogP contribution < -0.4 is 15.0 Å². The zero-order valence-electron chi connectivity index (χ0n) is 16.7. The van der Waals surface area contributed by atoms with E-state index in [-0.39, 0.29) is 5.56 Å². The van der Waals surface area contributed by atoms with Crippen LogP contribution in [-0.2, 0) is 23.2 Å². The number of methoxy groups -OCH3 is 2. The molecule has 2 heterocycles. The predicted molar refractivity (Wildman–Crippen MR) is 111 cm³/mol. The number of ether oxygens (including phenoxy) is 2. The molecule has 0 bridgehead atoms. The monoisotopic (exact) mass is 414 g/mol. The summed E-state index contributed by atoms with van der Waals surface area (Å²) in [5, 5.41) is 10.4. The molecule has 2 aromatic heterocycles. The highest BCUT2D eigenvalue weighted by atomic mass is 32.1. The number of hydrogen-bond donors (Lipinski definition) is 1. The normalized spacial score (nSPS) is 13.5. The van der Waals surface area contributed by atoms with E-state index in [0.717, 1.165) is 24.8 Å². The van der Waals surface area contributed by atoms with E-state index < -0.39 is 11.5 Å². The summed E-state index contributed by atoms with van der Waals surface area (Å²) in [7, 11) is 3.06. The van der Waals surface area contributed by atoms with Crippen LogP contribution in [0.15, 0.2) is 23.0 Å². The maximum absolute atomic E-state index is 13.6. The molecule has 0 atom stereocenters. The first-order chi connectivity index (χ1) is 13.8. The van der Waals surface area contributed by atoms with Crippen LogP contribution in [0, 0.1) is 0 Å². The third-order valence-corrected chi connectivity index (χ3v) is 6.65. The Hall–Kier alpha value is -2.87. The van der Waals surface area contributed by atoms with Crippen molar-refractivity contribution in [2.75, 3.05) is 14.2 Å². The number of carbonyl (C=O) groups is 1. The number of aromatic nitrogens is 2.